The summed E-state index contributed by atoms with van der Waals surface area (Å²) in [5, 5.41) is 61.3. The fraction of sp³-hybridized carbons (Fsp3) is 0. The van der Waals surface area contributed by atoms with Crippen LogP contribution >= 0.6 is 0 Å². The number of rotatable bonds is 6. The van der Waals surface area contributed by atoms with Crippen LogP contribution in [0, 0.1) is 0 Å². The summed E-state index contributed by atoms with van der Waals surface area (Å²) in [5.41, 5.74) is 0.881. The molecular weight excluding hydrogens is 600 g/mol. The first-order valence-corrected chi connectivity index (χ1v) is 13.2. The standard InChI is InChI=1S/2C17H12N2O3.Ca/c2*20-15-10-9-11-5-1-2-6-12(11)16(15)19-18-14-8-4-3-7-13(14)17(21)22;/h2*1-10,20H,(H,21,22);/q;;+2/p-2. The van der Waals surface area contributed by atoms with Crippen LogP contribution in [0.4, 0.5) is 22.7 Å². The summed E-state index contributed by atoms with van der Waals surface area (Å²) in [6, 6.07) is 33.6. The molecule has 216 valence electrons. The Balaban J connectivity index is 0.000000200. The van der Waals surface area contributed by atoms with Crippen molar-refractivity contribution in [3.8, 4) is 11.5 Å². The maximum atomic E-state index is 12.0. The predicted octanol–water partition coefficient (Wildman–Crippen LogP) is 6.97. The predicted molar refractivity (Wildman–Crippen MR) is 167 cm³/mol. The number of carboxylic acids is 2. The van der Waals surface area contributed by atoms with E-state index < -0.39 is 11.9 Å². The average Bonchev–Trinajstić information content (AvgIpc) is 3.04. The molecule has 45 heavy (non-hydrogen) atoms. The van der Waals surface area contributed by atoms with E-state index in [1.165, 1.54) is 24.3 Å². The van der Waals surface area contributed by atoms with Crippen LogP contribution in [0.2, 0.25) is 0 Å². The molecule has 0 bridgehead atoms. The third kappa shape index (κ3) is 7.68. The summed E-state index contributed by atoms with van der Waals surface area (Å²) in [6.45, 7) is 0. The number of carboxylic acid groups (broad SMARTS) is 2. The molecule has 0 saturated carbocycles. The van der Waals surface area contributed by atoms with E-state index in [2.05, 4.69) is 20.5 Å². The minimum atomic E-state index is -1.34. The Morgan fingerprint density at radius 3 is 1.62 bits per heavy atom. The second kappa shape index (κ2) is 15.0. The number of benzene rings is 6. The van der Waals surface area contributed by atoms with E-state index in [0.29, 0.717) is 11.1 Å². The monoisotopic (exact) mass is 622 g/mol. The number of aromatic carboxylic acids is 2. The molecule has 0 fully saturated rings. The number of phenolic OH excluding ortho intramolecular Hbond substituents is 1. The molecule has 0 spiro atoms. The Morgan fingerprint density at radius 2 is 1.02 bits per heavy atom. The molecule has 0 heterocycles. The van der Waals surface area contributed by atoms with Crippen molar-refractivity contribution in [2.24, 2.45) is 20.5 Å². The summed E-state index contributed by atoms with van der Waals surface area (Å²) < 4.78 is 0. The summed E-state index contributed by atoms with van der Waals surface area (Å²) in [4.78, 5) is 22.2. The van der Waals surface area contributed by atoms with Gasteiger partial charge >= 0.3 is 43.7 Å². The van der Waals surface area contributed by atoms with Crippen molar-refractivity contribution in [3.05, 3.63) is 132 Å². The molecule has 0 amide bonds. The summed E-state index contributed by atoms with van der Waals surface area (Å²) >= 11 is 0. The zero-order valence-corrected chi connectivity index (χ0v) is 25.8. The number of carbonyl (C=O) groups is 2. The van der Waals surface area contributed by atoms with Crippen molar-refractivity contribution in [1.29, 1.82) is 0 Å². The van der Waals surface area contributed by atoms with Crippen molar-refractivity contribution < 1.29 is 30.0 Å². The molecule has 10 nitrogen and oxygen atoms in total. The zero-order chi connectivity index (χ0) is 31.1. The normalized spacial score (nSPS) is 10.8. The van der Waals surface area contributed by atoms with Gasteiger partial charge in [-0.05, 0) is 35.0 Å². The average molecular weight is 623 g/mol. The number of azo groups is 2. The van der Waals surface area contributed by atoms with Crippen LogP contribution in [0.25, 0.3) is 21.5 Å². The SMILES string of the molecule is O=C(O)c1ccccc1N=Nc1c(O)ccc2ccccc12.O=C([O-])c1ccccc1N=Nc1c([O-])ccc2ccccc12.[Ca+2]. The number of nitrogens with zero attached hydrogens (tertiary/aromatic N) is 4. The van der Waals surface area contributed by atoms with Gasteiger partial charge in [-0.3, -0.25) is 0 Å². The summed E-state index contributed by atoms with van der Waals surface area (Å²) in [6.07, 6.45) is 0. The van der Waals surface area contributed by atoms with Crippen LogP contribution in [0.3, 0.4) is 0 Å². The molecule has 0 unspecified atom stereocenters. The minimum absolute atomic E-state index is 0. The van der Waals surface area contributed by atoms with E-state index >= 15 is 0 Å². The third-order valence-corrected chi connectivity index (χ3v) is 6.52. The van der Waals surface area contributed by atoms with E-state index in [0.717, 1.165) is 16.2 Å². The van der Waals surface area contributed by atoms with E-state index in [-0.39, 0.29) is 77.4 Å². The number of fused-ring (bicyclic) bond motifs is 2. The second-order valence-electron chi connectivity index (χ2n) is 9.31. The van der Waals surface area contributed by atoms with Gasteiger partial charge in [0.1, 0.15) is 17.1 Å². The minimum Gasteiger partial charge on any atom is -0.871 e. The molecule has 0 aliphatic carbocycles. The first-order valence-electron chi connectivity index (χ1n) is 13.2. The van der Waals surface area contributed by atoms with Gasteiger partial charge in [0.15, 0.2) is 0 Å². The molecule has 0 aliphatic heterocycles. The Labute approximate surface area is 286 Å². The van der Waals surface area contributed by atoms with Crippen LogP contribution in [0.1, 0.15) is 20.7 Å². The van der Waals surface area contributed by atoms with Crippen molar-refractivity contribution in [1.82, 2.24) is 0 Å². The van der Waals surface area contributed by atoms with E-state index in [1.54, 1.807) is 60.7 Å². The fourth-order valence-electron chi connectivity index (χ4n) is 4.37. The van der Waals surface area contributed by atoms with E-state index in [9.17, 15) is 24.9 Å². The molecule has 2 N–H and O–H groups in total. The van der Waals surface area contributed by atoms with Crippen molar-refractivity contribution in [2.75, 3.05) is 0 Å². The van der Waals surface area contributed by atoms with Crippen molar-refractivity contribution in [3.63, 3.8) is 0 Å². The molecule has 0 aliphatic rings. The second-order valence-corrected chi connectivity index (χ2v) is 9.31. The van der Waals surface area contributed by atoms with Gasteiger partial charge in [0, 0.05) is 16.3 Å². The first kappa shape index (κ1) is 32.7. The molecule has 6 aromatic rings. The smallest absolute Gasteiger partial charge is 0.871 e. The van der Waals surface area contributed by atoms with Crippen LogP contribution in [0.5, 0.6) is 11.5 Å². The van der Waals surface area contributed by atoms with E-state index in [4.69, 9.17) is 5.11 Å². The van der Waals surface area contributed by atoms with Gasteiger partial charge in [-0.15, -0.1) is 15.3 Å². The number of phenols is 1. The quantitative estimate of drug-likeness (QED) is 0.150. The number of hydrogen-bond acceptors (Lipinski definition) is 9. The van der Waals surface area contributed by atoms with Gasteiger partial charge < -0.3 is 25.2 Å². The number of hydrogen-bond donors (Lipinski definition) is 2. The van der Waals surface area contributed by atoms with Gasteiger partial charge in [0.2, 0.25) is 0 Å². The topological polar surface area (TPSA) is 170 Å². The molecule has 11 heteroatoms. The van der Waals surface area contributed by atoms with Crippen LogP contribution < -0.4 is 10.2 Å². The third-order valence-electron chi connectivity index (χ3n) is 6.52. The van der Waals surface area contributed by atoms with Gasteiger partial charge in [-0.25, -0.2) is 4.79 Å². The number of carbonyl (C=O) groups excluding carboxylic acids is 1. The first-order chi connectivity index (χ1) is 21.3. The molecule has 0 radical (unpaired) electrons. The molecule has 0 aromatic heterocycles. The maximum absolute atomic E-state index is 12.0. The van der Waals surface area contributed by atoms with Crippen LogP contribution in [0.15, 0.2) is 142 Å². The molecular formula is C34H22CaN4O6. The van der Waals surface area contributed by atoms with Gasteiger partial charge in [-0.2, -0.15) is 5.11 Å². The summed E-state index contributed by atoms with van der Waals surface area (Å²) in [7, 11) is 0. The Bertz CT molecular complexity index is 1930. The van der Waals surface area contributed by atoms with Crippen molar-refractivity contribution in [2.45, 2.75) is 0 Å². The molecule has 0 saturated heterocycles. The Morgan fingerprint density at radius 1 is 0.556 bits per heavy atom. The zero-order valence-electron chi connectivity index (χ0n) is 23.6. The fourth-order valence-corrected chi connectivity index (χ4v) is 4.37. The Hall–Kier alpha value is -5.16. The van der Waals surface area contributed by atoms with Gasteiger partial charge in [-0.1, -0.05) is 103 Å². The molecule has 6 rings (SSSR count). The maximum Gasteiger partial charge on any atom is 2.00 e. The van der Waals surface area contributed by atoms with Crippen LogP contribution in [-0.4, -0.2) is 59.9 Å². The summed E-state index contributed by atoms with van der Waals surface area (Å²) in [5.74, 6) is -2.69. The van der Waals surface area contributed by atoms with Crippen molar-refractivity contribution >= 4 is 94.0 Å². The van der Waals surface area contributed by atoms with E-state index in [1.807, 2.05) is 36.4 Å². The van der Waals surface area contributed by atoms with Gasteiger partial charge in [0.25, 0.3) is 0 Å². The largest absolute Gasteiger partial charge is 2.00 e. The van der Waals surface area contributed by atoms with Crippen LogP contribution in [-0.2, 0) is 0 Å². The van der Waals surface area contributed by atoms with Gasteiger partial charge in [0.05, 0.1) is 22.9 Å². The molecule has 0 atom stereocenters. The Kier molecular flexibility index (Phi) is 10.9. The molecule has 6 aromatic carbocycles. The number of aromatic hydroxyl groups is 1.